The van der Waals surface area contributed by atoms with Crippen molar-refractivity contribution in [3.63, 3.8) is 0 Å². The van der Waals surface area contributed by atoms with Gasteiger partial charge in [-0.15, -0.1) is 0 Å². The van der Waals surface area contributed by atoms with E-state index >= 15 is 0 Å². The molecular formula is C14H18O3. The van der Waals surface area contributed by atoms with Crippen molar-refractivity contribution in [2.24, 2.45) is 11.8 Å². The summed E-state index contributed by atoms with van der Waals surface area (Å²) in [5.41, 5.74) is 1.08. The number of fused-ring (bicyclic) bond motifs is 1. The number of hydrogen-bond acceptors (Lipinski definition) is 3. The van der Waals surface area contributed by atoms with E-state index in [2.05, 4.69) is 0 Å². The number of rotatable bonds is 2. The lowest BCUT2D eigenvalue weighted by Gasteiger charge is -2.32. The predicted octanol–water partition coefficient (Wildman–Crippen LogP) is 2.12. The van der Waals surface area contributed by atoms with E-state index in [0.717, 1.165) is 25.0 Å². The Morgan fingerprint density at radius 3 is 2.76 bits per heavy atom. The SMILES string of the molecule is OC[C@@H]1C[C@@H]2CO[C@H](c3ccccc3)O[C@@H]2C1. The van der Waals surface area contributed by atoms with E-state index in [-0.39, 0.29) is 19.0 Å². The van der Waals surface area contributed by atoms with Crippen molar-refractivity contribution < 1.29 is 14.6 Å². The van der Waals surface area contributed by atoms with E-state index in [9.17, 15) is 5.11 Å². The van der Waals surface area contributed by atoms with Gasteiger partial charge in [0, 0.05) is 18.1 Å². The molecule has 0 spiro atoms. The minimum atomic E-state index is -0.227. The zero-order valence-electron chi connectivity index (χ0n) is 9.79. The van der Waals surface area contributed by atoms with Gasteiger partial charge in [-0.2, -0.15) is 0 Å². The molecular weight excluding hydrogens is 216 g/mol. The first-order chi connectivity index (χ1) is 8.36. The van der Waals surface area contributed by atoms with Gasteiger partial charge in [0.2, 0.25) is 0 Å². The number of aliphatic hydroxyl groups is 1. The van der Waals surface area contributed by atoms with E-state index in [1.165, 1.54) is 0 Å². The van der Waals surface area contributed by atoms with Gasteiger partial charge < -0.3 is 14.6 Å². The maximum absolute atomic E-state index is 9.20. The van der Waals surface area contributed by atoms with Crippen LogP contribution in [0.15, 0.2) is 30.3 Å². The Bertz CT molecular complexity index is 365. The molecule has 1 saturated heterocycles. The Morgan fingerprint density at radius 1 is 1.18 bits per heavy atom. The molecule has 1 aromatic rings. The second-order valence-corrected chi connectivity index (χ2v) is 5.03. The molecule has 0 amide bonds. The molecule has 0 bridgehead atoms. The van der Waals surface area contributed by atoms with E-state index in [1.807, 2.05) is 30.3 Å². The fourth-order valence-corrected chi connectivity index (χ4v) is 2.88. The third-order valence-corrected chi connectivity index (χ3v) is 3.82. The van der Waals surface area contributed by atoms with Gasteiger partial charge in [-0.1, -0.05) is 30.3 Å². The van der Waals surface area contributed by atoms with Crippen LogP contribution in [0.1, 0.15) is 24.7 Å². The maximum Gasteiger partial charge on any atom is 0.184 e. The summed E-state index contributed by atoms with van der Waals surface area (Å²) in [6, 6.07) is 10.1. The van der Waals surface area contributed by atoms with E-state index in [4.69, 9.17) is 9.47 Å². The zero-order valence-corrected chi connectivity index (χ0v) is 9.79. The van der Waals surface area contributed by atoms with Crippen LogP contribution in [0.4, 0.5) is 0 Å². The van der Waals surface area contributed by atoms with E-state index < -0.39 is 0 Å². The summed E-state index contributed by atoms with van der Waals surface area (Å²) in [6.45, 7) is 1.02. The smallest absolute Gasteiger partial charge is 0.184 e. The number of ether oxygens (including phenoxy) is 2. The minimum Gasteiger partial charge on any atom is -0.396 e. The van der Waals surface area contributed by atoms with Crippen molar-refractivity contribution in [1.29, 1.82) is 0 Å². The first-order valence-corrected chi connectivity index (χ1v) is 6.29. The quantitative estimate of drug-likeness (QED) is 0.852. The molecule has 3 nitrogen and oxygen atoms in total. The van der Waals surface area contributed by atoms with E-state index in [0.29, 0.717) is 11.8 Å². The van der Waals surface area contributed by atoms with Crippen molar-refractivity contribution in [2.45, 2.75) is 25.2 Å². The number of benzene rings is 1. The highest BCUT2D eigenvalue weighted by atomic mass is 16.7. The van der Waals surface area contributed by atoms with Crippen LogP contribution >= 0.6 is 0 Å². The van der Waals surface area contributed by atoms with Crippen LogP contribution in [-0.2, 0) is 9.47 Å². The standard InChI is InChI=1S/C14H18O3/c15-8-10-6-12-9-16-14(17-13(12)7-10)11-4-2-1-3-5-11/h1-5,10,12-15H,6-9H2/t10-,12-,13-,14+/m1/s1. The van der Waals surface area contributed by atoms with Crippen LogP contribution in [0.25, 0.3) is 0 Å². The molecule has 17 heavy (non-hydrogen) atoms. The predicted molar refractivity (Wildman–Crippen MR) is 63.3 cm³/mol. The van der Waals surface area contributed by atoms with Crippen LogP contribution < -0.4 is 0 Å². The summed E-state index contributed by atoms with van der Waals surface area (Å²) in [6.07, 6.45) is 2.03. The second kappa shape index (κ2) is 4.77. The molecule has 1 saturated carbocycles. The highest BCUT2D eigenvalue weighted by Gasteiger charge is 2.40. The Morgan fingerprint density at radius 2 is 2.00 bits per heavy atom. The molecule has 1 aromatic carbocycles. The third kappa shape index (κ3) is 2.23. The monoisotopic (exact) mass is 234 g/mol. The van der Waals surface area contributed by atoms with Gasteiger partial charge in [0.1, 0.15) is 0 Å². The normalized spacial score (nSPS) is 36.8. The lowest BCUT2D eigenvalue weighted by molar-refractivity contribution is -0.233. The van der Waals surface area contributed by atoms with Crippen LogP contribution in [0.3, 0.4) is 0 Å². The van der Waals surface area contributed by atoms with Gasteiger partial charge in [-0.3, -0.25) is 0 Å². The van der Waals surface area contributed by atoms with Crippen LogP contribution in [0.5, 0.6) is 0 Å². The third-order valence-electron chi connectivity index (χ3n) is 3.82. The summed E-state index contributed by atoms with van der Waals surface area (Å²) < 4.78 is 11.8. The molecule has 1 aliphatic heterocycles. The van der Waals surface area contributed by atoms with Gasteiger partial charge in [-0.25, -0.2) is 0 Å². The molecule has 0 unspecified atom stereocenters. The summed E-state index contributed by atoms with van der Waals surface area (Å²) in [4.78, 5) is 0. The van der Waals surface area contributed by atoms with Crippen molar-refractivity contribution in [3.8, 4) is 0 Å². The van der Waals surface area contributed by atoms with Crippen molar-refractivity contribution >= 4 is 0 Å². The Labute approximate surface area is 101 Å². The number of aliphatic hydroxyl groups excluding tert-OH is 1. The van der Waals surface area contributed by atoms with Crippen LogP contribution in [-0.4, -0.2) is 24.4 Å². The molecule has 2 aliphatic rings. The molecule has 4 atom stereocenters. The molecule has 3 heteroatoms. The topological polar surface area (TPSA) is 38.7 Å². The fourth-order valence-electron chi connectivity index (χ4n) is 2.88. The van der Waals surface area contributed by atoms with Gasteiger partial charge in [0.15, 0.2) is 6.29 Å². The van der Waals surface area contributed by atoms with E-state index in [1.54, 1.807) is 0 Å². The van der Waals surface area contributed by atoms with Crippen LogP contribution in [0.2, 0.25) is 0 Å². The lowest BCUT2D eigenvalue weighted by Crippen LogP contribution is -2.32. The van der Waals surface area contributed by atoms with Crippen molar-refractivity contribution in [2.75, 3.05) is 13.2 Å². The number of hydrogen-bond donors (Lipinski definition) is 1. The molecule has 0 aromatic heterocycles. The van der Waals surface area contributed by atoms with Crippen molar-refractivity contribution in [1.82, 2.24) is 0 Å². The highest BCUT2D eigenvalue weighted by Crippen LogP contribution is 2.40. The van der Waals surface area contributed by atoms with Gasteiger partial charge in [0.25, 0.3) is 0 Å². The molecule has 92 valence electrons. The first-order valence-electron chi connectivity index (χ1n) is 6.29. The molecule has 1 aliphatic carbocycles. The average Bonchev–Trinajstić information content (AvgIpc) is 2.81. The van der Waals surface area contributed by atoms with Crippen LogP contribution in [0, 0.1) is 11.8 Å². The van der Waals surface area contributed by atoms with Gasteiger partial charge in [0.05, 0.1) is 12.7 Å². The lowest BCUT2D eigenvalue weighted by atomic mass is 10.0. The molecule has 0 radical (unpaired) electrons. The summed E-state index contributed by atoms with van der Waals surface area (Å²) in [7, 11) is 0. The summed E-state index contributed by atoms with van der Waals surface area (Å²) in [5.74, 6) is 0.857. The average molecular weight is 234 g/mol. The summed E-state index contributed by atoms with van der Waals surface area (Å²) >= 11 is 0. The van der Waals surface area contributed by atoms with Crippen molar-refractivity contribution in [3.05, 3.63) is 35.9 Å². The zero-order chi connectivity index (χ0) is 11.7. The summed E-state index contributed by atoms with van der Waals surface area (Å²) in [5, 5.41) is 9.20. The van der Waals surface area contributed by atoms with Gasteiger partial charge in [-0.05, 0) is 18.8 Å². The Hall–Kier alpha value is -0.900. The molecule has 3 rings (SSSR count). The first kappa shape index (κ1) is 11.2. The largest absolute Gasteiger partial charge is 0.396 e. The second-order valence-electron chi connectivity index (χ2n) is 5.03. The highest BCUT2D eigenvalue weighted by molar-refractivity contribution is 5.16. The maximum atomic E-state index is 9.20. The Balaban J connectivity index is 1.68. The molecule has 1 N–H and O–H groups in total. The van der Waals surface area contributed by atoms with Gasteiger partial charge >= 0.3 is 0 Å². The molecule has 1 heterocycles. The molecule has 2 fully saturated rings. The minimum absolute atomic E-state index is 0.227. The Kier molecular flexibility index (Phi) is 3.14. The fraction of sp³-hybridized carbons (Fsp3) is 0.571.